The number of hydrazone groups is 1. The molecule has 1 aliphatic rings. The number of amides is 2. The van der Waals surface area contributed by atoms with Crippen molar-refractivity contribution in [1.82, 2.24) is 10.3 Å². The van der Waals surface area contributed by atoms with Gasteiger partial charge < -0.3 is 10.4 Å². The summed E-state index contributed by atoms with van der Waals surface area (Å²) in [4.78, 5) is 23.0. The number of rotatable bonds is 7. The van der Waals surface area contributed by atoms with E-state index in [-0.39, 0.29) is 17.4 Å². The molecule has 0 aromatic carbocycles. The summed E-state index contributed by atoms with van der Waals surface area (Å²) in [6.45, 7) is 10.8. The van der Waals surface area contributed by atoms with Crippen LogP contribution in [0.5, 0.6) is 0 Å². The lowest BCUT2D eigenvalue weighted by molar-refractivity contribution is -0.129. The SMILES string of the molecule is CCC(CC)CN1N=C(CC(NC(=O)O)C(C)(C)C)CC1=O. The highest BCUT2D eigenvalue weighted by atomic mass is 16.4. The molecule has 0 aliphatic carbocycles. The van der Waals surface area contributed by atoms with Crippen LogP contribution in [0.25, 0.3) is 0 Å². The van der Waals surface area contributed by atoms with E-state index in [1.165, 1.54) is 0 Å². The van der Waals surface area contributed by atoms with E-state index < -0.39 is 6.09 Å². The average Bonchev–Trinajstić information content (AvgIpc) is 2.73. The molecular weight excluding hydrogens is 282 g/mol. The number of hydrogen-bond donors (Lipinski definition) is 2. The fourth-order valence-electron chi connectivity index (χ4n) is 2.53. The predicted molar refractivity (Wildman–Crippen MR) is 86.9 cm³/mol. The Kier molecular flexibility index (Phi) is 6.38. The van der Waals surface area contributed by atoms with E-state index in [1.807, 2.05) is 20.8 Å². The minimum absolute atomic E-state index is 0.0184. The van der Waals surface area contributed by atoms with Crippen molar-refractivity contribution >= 4 is 17.7 Å². The summed E-state index contributed by atoms with van der Waals surface area (Å²) in [5.41, 5.74) is 0.539. The predicted octanol–water partition coefficient (Wildman–Crippen LogP) is 3.08. The third-order valence-electron chi connectivity index (χ3n) is 4.27. The lowest BCUT2D eigenvalue weighted by atomic mass is 9.83. The van der Waals surface area contributed by atoms with E-state index in [4.69, 9.17) is 5.11 Å². The Labute approximate surface area is 132 Å². The van der Waals surface area contributed by atoms with Gasteiger partial charge in [0.05, 0.1) is 12.1 Å². The molecule has 1 aliphatic heterocycles. The van der Waals surface area contributed by atoms with Gasteiger partial charge in [-0.15, -0.1) is 0 Å². The second kappa shape index (κ2) is 7.61. The fourth-order valence-corrected chi connectivity index (χ4v) is 2.53. The fraction of sp³-hybridized carbons (Fsp3) is 0.812. The smallest absolute Gasteiger partial charge is 0.404 e. The summed E-state index contributed by atoms with van der Waals surface area (Å²) in [6, 6.07) is -0.260. The first-order chi connectivity index (χ1) is 10.2. The number of carbonyl (C=O) groups excluding carboxylic acids is 1. The summed E-state index contributed by atoms with van der Waals surface area (Å²) in [7, 11) is 0. The Bertz CT molecular complexity index is 436. The van der Waals surface area contributed by atoms with Crippen molar-refractivity contribution in [2.45, 2.75) is 66.3 Å². The van der Waals surface area contributed by atoms with Crippen molar-refractivity contribution in [2.75, 3.05) is 6.54 Å². The molecule has 0 aromatic heterocycles. The first-order valence-electron chi connectivity index (χ1n) is 8.03. The van der Waals surface area contributed by atoms with Gasteiger partial charge in [0.2, 0.25) is 5.91 Å². The largest absolute Gasteiger partial charge is 0.465 e. The molecule has 1 rings (SSSR count). The number of hydrogen-bond acceptors (Lipinski definition) is 3. The van der Waals surface area contributed by atoms with Gasteiger partial charge in [0.25, 0.3) is 0 Å². The van der Waals surface area contributed by atoms with Crippen molar-refractivity contribution in [2.24, 2.45) is 16.4 Å². The molecule has 0 saturated carbocycles. The van der Waals surface area contributed by atoms with E-state index in [2.05, 4.69) is 24.3 Å². The van der Waals surface area contributed by atoms with Gasteiger partial charge >= 0.3 is 6.09 Å². The van der Waals surface area contributed by atoms with Gasteiger partial charge in [-0.05, 0) is 11.3 Å². The molecule has 0 saturated heterocycles. The molecule has 1 atom stereocenters. The van der Waals surface area contributed by atoms with Gasteiger partial charge in [-0.25, -0.2) is 9.80 Å². The van der Waals surface area contributed by atoms with Gasteiger partial charge in [0, 0.05) is 19.0 Å². The highest BCUT2D eigenvalue weighted by Gasteiger charge is 2.32. The van der Waals surface area contributed by atoms with Crippen molar-refractivity contribution in [3.63, 3.8) is 0 Å². The van der Waals surface area contributed by atoms with Crippen LogP contribution in [-0.2, 0) is 4.79 Å². The molecule has 1 heterocycles. The summed E-state index contributed by atoms with van der Waals surface area (Å²) in [5, 5.41) is 17.5. The van der Waals surface area contributed by atoms with Crippen LogP contribution in [0.3, 0.4) is 0 Å². The Balaban J connectivity index is 2.75. The van der Waals surface area contributed by atoms with Crippen LogP contribution < -0.4 is 5.32 Å². The maximum absolute atomic E-state index is 12.1. The van der Waals surface area contributed by atoms with Crippen LogP contribution in [0.15, 0.2) is 5.10 Å². The molecule has 1 unspecified atom stereocenters. The maximum Gasteiger partial charge on any atom is 0.404 e. The summed E-state index contributed by atoms with van der Waals surface area (Å²) < 4.78 is 0. The van der Waals surface area contributed by atoms with E-state index in [0.717, 1.165) is 18.6 Å². The monoisotopic (exact) mass is 311 g/mol. The summed E-state index contributed by atoms with van der Waals surface area (Å²) >= 11 is 0. The zero-order valence-electron chi connectivity index (χ0n) is 14.3. The topological polar surface area (TPSA) is 82.0 Å². The van der Waals surface area contributed by atoms with Gasteiger partial charge in [-0.1, -0.05) is 47.5 Å². The average molecular weight is 311 g/mol. The van der Waals surface area contributed by atoms with E-state index in [1.54, 1.807) is 5.01 Å². The minimum atomic E-state index is -1.04. The zero-order valence-corrected chi connectivity index (χ0v) is 14.3. The van der Waals surface area contributed by atoms with E-state index >= 15 is 0 Å². The third-order valence-corrected chi connectivity index (χ3v) is 4.27. The Hall–Kier alpha value is -1.59. The van der Waals surface area contributed by atoms with Crippen LogP contribution in [0, 0.1) is 11.3 Å². The van der Waals surface area contributed by atoms with E-state index in [9.17, 15) is 9.59 Å². The molecule has 0 aromatic rings. The summed E-state index contributed by atoms with van der Waals surface area (Å²) in [6.07, 6.45) is 1.78. The summed E-state index contributed by atoms with van der Waals surface area (Å²) in [5.74, 6) is 0.479. The van der Waals surface area contributed by atoms with Crippen LogP contribution in [-0.4, -0.2) is 40.4 Å². The maximum atomic E-state index is 12.1. The molecule has 126 valence electrons. The third kappa shape index (κ3) is 5.31. The van der Waals surface area contributed by atoms with Gasteiger partial charge in [-0.2, -0.15) is 5.10 Å². The molecule has 0 spiro atoms. The number of carbonyl (C=O) groups is 2. The van der Waals surface area contributed by atoms with Crippen LogP contribution in [0.1, 0.15) is 60.3 Å². The standard InChI is InChI=1S/C16H29N3O3/c1-6-11(7-2)10-19-14(20)9-12(18-19)8-13(16(3,4)5)17-15(21)22/h11,13,17H,6-10H2,1-5H3,(H,21,22). The Morgan fingerprint density at radius 1 is 1.36 bits per heavy atom. The highest BCUT2D eigenvalue weighted by molar-refractivity contribution is 6.05. The number of carboxylic acid groups (broad SMARTS) is 1. The first-order valence-corrected chi connectivity index (χ1v) is 8.03. The van der Waals surface area contributed by atoms with Gasteiger partial charge in [0.1, 0.15) is 0 Å². The lowest BCUT2D eigenvalue weighted by Crippen LogP contribution is -2.44. The van der Waals surface area contributed by atoms with Crippen LogP contribution in [0.2, 0.25) is 0 Å². The molecule has 22 heavy (non-hydrogen) atoms. The van der Waals surface area contributed by atoms with Crippen molar-refractivity contribution < 1.29 is 14.7 Å². The van der Waals surface area contributed by atoms with Crippen molar-refractivity contribution in [3.8, 4) is 0 Å². The van der Waals surface area contributed by atoms with Crippen LogP contribution in [0.4, 0.5) is 4.79 Å². The zero-order chi connectivity index (χ0) is 16.9. The molecule has 0 radical (unpaired) electrons. The van der Waals surface area contributed by atoms with Crippen molar-refractivity contribution in [1.29, 1.82) is 0 Å². The minimum Gasteiger partial charge on any atom is -0.465 e. The number of nitrogens with zero attached hydrogens (tertiary/aromatic N) is 2. The Morgan fingerprint density at radius 3 is 2.41 bits per heavy atom. The highest BCUT2D eigenvalue weighted by Crippen LogP contribution is 2.25. The second-order valence-corrected chi connectivity index (χ2v) is 7.07. The molecule has 2 N–H and O–H groups in total. The van der Waals surface area contributed by atoms with Crippen molar-refractivity contribution in [3.05, 3.63) is 0 Å². The lowest BCUT2D eigenvalue weighted by Gasteiger charge is -2.30. The van der Waals surface area contributed by atoms with Crippen LogP contribution >= 0.6 is 0 Å². The molecule has 0 fully saturated rings. The van der Waals surface area contributed by atoms with Gasteiger partial charge in [0.15, 0.2) is 0 Å². The Morgan fingerprint density at radius 2 is 1.95 bits per heavy atom. The second-order valence-electron chi connectivity index (χ2n) is 7.07. The molecule has 6 nitrogen and oxygen atoms in total. The number of nitrogens with one attached hydrogen (secondary N) is 1. The molecule has 6 heteroatoms. The molecule has 2 amide bonds. The normalized spacial score (nSPS) is 16.9. The molecule has 0 bridgehead atoms. The first kappa shape index (κ1) is 18.5. The van der Waals surface area contributed by atoms with E-state index in [0.29, 0.717) is 25.3 Å². The quantitative estimate of drug-likeness (QED) is 0.758. The molecular formula is C16H29N3O3. The van der Waals surface area contributed by atoms with Gasteiger partial charge in [-0.3, -0.25) is 4.79 Å².